The highest BCUT2D eigenvalue weighted by Crippen LogP contribution is 2.38. The van der Waals surface area contributed by atoms with E-state index in [9.17, 15) is 10.1 Å². The highest BCUT2D eigenvalue weighted by molar-refractivity contribution is 7.99. The van der Waals surface area contributed by atoms with E-state index in [0.717, 1.165) is 20.6 Å². The van der Waals surface area contributed by atoms with Gasteiger partial charge in [-0.1, -0.05) is 59.8 Å². The van der Waals surface area contributed by atoms with Gasteiger partial charge in [0.05, 0.1) is 9.95 Å². The predicted octanol–water partition coefficient (Wildman–Crippen LogP) is 5.55. The summed E-state index contributed by atoms with van der Waals surface area (Å²) in [5, 5.41) is 13.4. The van der Waals surface area contributed by atoms with Crippen LogP contribution in [0, 0.1) is 10.1 Å². The SMILES string of the molecule is O=[N+]([O-])c1ccc(Sc2cccc3ccccc23)c(Cl)c1. The van der Waals surface area contributed by atoms with Crippen molar-refractivity contribution < 1.29 is 4.92 Å². The van der Waals surface area contributed by atoms with Gasteiger partial charge >= 0.3 is 0 Å². The van der Waals surface area contributed by atoms with E-state index in [-0.39, 0.29) is 5.69 Å². The molecule has 3 aromatic rings. The molecule has 0 bridgehead atoms. The van der Waals surface area contributed by atoms with E-state index in [1.54, 1.807) is 6.07 Å². The van der Waals surface area contributed by atoms with Crippen molar-refractivity contribution in [1.29, 1.82) is 0 Å². The normalized spacial score (nSPS) is 10.7. The summed E-state index contributed by atoms with van der Waals surface area (Å²) in [7, 11) is 0. The Labute approximate surface area is 130 Å². The predicted molar refractivity (Wildman–Crippen MR) is 86.2 cm³/mol. The molecule has 0 fully saturated rings. The third-order valence-electron chi connectivity index (χ3n) is 3.10. The van der Waals surface area contributed by atoms with Crippen LogP contribution in [-0.2, 0) is 0 Å². The zero-order valence-corrected chi connectivity index (χ0v) is 12.4. The van der Waals surface area contributed by atoms with Crippen LogP contribution in [0.2, 0.25) is 5.02 Å². The van der Waals surface area contributed by atoms with E-state index >= 15 is 0 Å². The molecule has 3 nitrogen and oxygen atoms in total. The number of fused-ring (bicyclic) bond motifs is 1. The zero-order valence-electron chi connectivity index (χ0n) is 10.8. The lowest BCUT2D eigenvalue weighted by molar-refractivity contribution is -0.384. The summed E-state index contributed by atoms with van der Waals surface area (Å²) in [4.78, 5) is 12.2. The molecule has 0 unspecified atom stereocenters. The monoisotopic (exact) mass is 315 g/mol. The maximum atomic E-state index is 10.7. The fourth-order valence-electron chi connectivity index (χ4n) is 2.09. The Morgan fingerprint density at radius 1 is 0.952 bits per heavy atom. The lowest BCUT2D eigenvalue weighted by atomic mass is 10.1. The molecule has 0 atom stereocenters. The van der Waals surface area contributed by atoms with Crippen molar-refractivity contribution in [3.63, 3.8) is 0 Å². The number of rotatable bonds is 3. The fraction of sp³-hybridized carbons (Fsp3) is 0. The smallest absolute Gasteiger partial charge is 0.258 e. The highest BCUT2D eigenvalue weighted by atomic mass is 35.5. The van der Waals surface area contributed by atoms with Crippen molar-refractivity contribution in [2.45, 2.75) is 9.79 Å². The van der Waals surface area contributed by atoms with Gasteiger partial charge in [0.25, 0.3) is 5.69 Å². The van der Waals surface area contributed by atoms with Crippen molar-refractivity contribution in [1.82, 2.24) is 0 Å². The van der Waals surface area contributed by atoms with E-state index in [1.165, 1.54) is 23.9 Å². The molecule has 3 rings (SSSR count). The molecule has 0 aliphatic carbocycles. The molecule has 0 N–H and O–H groups in total. The summed E-state index contributed by atoms with van der Waals surface area (Å²) >= 11 is 7.66. The van der Waals surface area contributed by atoms with Gasteiger partial charge in [0.2, 0.25) is 0 Å². The molecule has 0 saturated carbocycles. The molecule has 0 saturated heterocycles. The number of hydrogen-bond acceptors (Lipinski definition) is 3. The number of non-ortho nitro benzene ring substituents is 1. The molecule has 3 aromatic carbocycles. The summed E-state index contributed by atoms with van der Waals surface area (Å²) in [5.41, 5.74) is 0.00210. The molecule has 0 heterocycles. The number of nitro benzene ring substituents is 1. The quantitative estimate of drug-likeness (QED) is 0.470. The molecule has 0 amide bonds. The Balaban J connectivity index is 2.01. The highest BCUT2D eigenvalue weighted by Gasteiger charge is 2.11. The van der Waals surface area contributed by atoms with Gasteiger partial charge in [0, 0.05) is 21.9 Å². The van der Waals surface area contributed by atoms with Crippen LogP contribution in [0.25, 0.3) is 10.8 Å². The minimum Gasteiger partial charge on any atom is -0.258 e. The third-order valence-corrected chi connectivity index (χ3v) is 4.67. The maximum absolute atomic E-state index is 10.7. The number of nitrogens with zero attached hydrogens (tertiary/aromatic N) is 1. The second kappa shape index (κ2) is 5.76. The van der Waals surface area contributed by atoms with Crippen molar-refractivity contribution in [3.05, 3.63) is 75.8 Å². The average molecular weight is 316 g/mol. The molecule has 21 heavy (non-hydrogen) atoms. The molecule has 0 radical (unpaired) electrons. The number of hydrogen-bond donors (Lipinski definition) is 0. The average Bonchev–Trinajstić information content (AvgIpc) is 2.49. The first kappa shape index (κ1) is 13.9. The second-order valence-electron chi connectivity index (χ2n) is 4.45. The Morgan fingerprint density at radius 3 is 2.48 bits per heavy atom. The van der Waals surface area contributed by atoms with Crippen molar-refractivity contribution >= 4 is 39.8 Å². The van der Waals surface area contributed by atoms with Gasteiger partial charge in [0.15, 0.2) is 0 Å². The first-order valence-electron chi connectivity index (χ1n) is 6.25. The number of halogens is 1. The van der Waals surface area contributed by atoms with Crippen LogP contribution in [0.1, 0.15) is 0 Å². The molecule has 5 heteroatoms. The standard InChI is InChI=1S/C16H10ClNO2S/c17-14-10-12(18(19)20)8-9-16(14)21-15-7-3-5-11-4-1-2-6-13(11)15/h1-10H. The van der Waals surface area contributed by atoms with Gasteiger partial charge in [-0.2, -0.15) is 0 Å². The van der Waals surface area contributed by atoms with Crippen LogP contribution in [0.3, 0.4) is 0 Å². The summed E-state index contributed by atoms with van der Waals surface area (Å²) < 4.78 is 0. The van der Waals surface area contributed by atoms with E-state index in [1.807, 2.05) is 24.3 Å². The van der Waals surface area contributed by atoms with E-state index in [4.69, 9.17) is 11.6 Å². The Bertz CT molecular complexity index is 830. The van der Waals surface area contributed by atoms with Gasteiger partial charge in [-0.25, -0.2) is 0 Å². The Morgan fingerprint density at radius 2 is 1.71 bits per heavy atom. The molecule has 104 valence electrons. The van der Waals surface area contributed by atoms with Crippen molar-refractivity contribution in [3.8, 4) is 0 Å². The molecule has 0 aromatic heterocycles. The third kappa shape index (κ3) is 2.86. The van der Waals surface area contributed by atoms with Gasteiger partial charge < -0.3 is 0 Å². The summed E-state index contributed by atoms with van der Waals surface area (Å²) in [6.45, 7) is 0. The van der Waals surface area contributed by atoms with Crippen LogP contribution >= 0.6 is 23.4 Å². The van der Waals surface area contributed by atoms with Gasteiger partial charge in [0.1, 0.15) is 0 Å². The van der Waals surface area contributed by atoms with Gasteiger partial charge in [-0.05, 0) is 22.9 Å². The van der Waals surface area contributed by atoms with Crippen molar-refractivity contribution in [2.24, 2.45) is 0 Å². The largest absolute Gasteiger partial charge is 0.270 e. The second-order valence-corrected chi connectivity index (χ2v) is 5.94. The maximum Gasteiger partial charge on any atom is 0.270 e. The number of benzene rings is 3. The first-order chi connectivity index (χ1) is 10.1. The van der Waals surface area contributed by atoms with Crippen LogP contribution in [-0.4, -0.2) is 4.92 Å². The minimum atomic E-state index is -0.446. The van der Waals surface area contributed by atoms with Crippen LogP contribution in [0.5, 0.6) is 0 Å². The molecule has 0 aliphatic heterocycles. The first-order valence-corrected chi connectivity index (χ1v) is 7.44. The van der Waals surface area contributed by atoms with E-state index in [0.29, 0.717) is 5.02 Å². The fourth-order valence-corrected chi connectivity index (χ4v) is 3.35. The van der Waals surface area contributed by atoms with Crippen LogP contribution in [0.15, 0.2) is 70.5 Å². The Kier molecular flexibility index (Phi) is 3.82. The molecule has 0 spiro atoms. The van der Waals surface area contributed by atoms with Crippen molar-refractivity contribution in [2.75, 3.05) is 0 Å². The van der Waals surface area contributed by atoms with Gasteiger partial charge in [-0.3, -0.25) is 10.1 Å². The Hall–Kier alpha value is -2.04. The van der Waals surface area contributed by atoms with E-state index in [2.05, 4.69) is 18.2 Å². The zero-order chi connectivity index (χ0) is 14.8. The lowest BCUT2D eigenvalue weighted by Gasteiger charge is -2.07. The van der Waals surface area contributed by atoms with Gasteiger partial charge in [-0.15, -0.1) is 0 Å². The molecule has 0 aliphatic rings. The number of nitro groups is 1. The van der Waals surface area contributed by atoms with Crippen LogP contribution < -0.4 is 0 Å². The lowest BCUT2D eigenvalue weighted by Crippen LogP contribution is -1.88. The van der Waals surface area contributed by atoms with Crippen LogP contribution in [0.4, 0.5) is 5.69 Å². The molecular formula is C16H10ClNO2S. The summed E-state index contributed by atoms with van der Waals surface area (Å²) in [6.07, 6.45) is 0. The topological polar surface area (TPSA) is 43.1 Å². The minimum absolute atomic E-state index is 0.00210. The summed E-state index contributed by atoms with van der Waals surface area (Å²) in [5.74, 6) is 0. The summed E-state index contributed by atoms with van der Waals surface area (Å²) in [6, 6.07) is 18.7. The molecular weight excluding hydrogens is 306 g/mol. The van der Waals surface area contributed by atoms with E-state index < -0.39 is 4.92 Å².